The fraction of sp³-hybridized carbons (Fsp3) is 0.571. The molecular weight excluding hydrogens is 262 g/mol. The second kappa shape index (κ2) is 5.61. The summed E-state index contributed by atoms with van der Waals surface area (Å²) in [5, 5.41) is 9.24. The van der Waals surface area contributed by atoms with E-state index in [1.165, 1.54) is 4.31 Å². The normalized spacial score (nSPS) is 23.4. The molecule has 0 aromatic heterocycles. The van der Waals surface area contributed by atoms with E-state index in [1.807, 2.05) is 19.1 Å². The van der Waals surface area contributed by atoms with Gasteiger partial charge in [-0.15, -0.1) is 0 Å². The molecule has 0 amide bonds. The molecule has 19 heavy (non-hydrogen) atoms. The largest absolute Gasteiger partial charge is 0.393 e. The van der Waals surface area contributed by atoms with E-state index < -0.39 is 10.0 Å². The van der Waals surface area contributed by atoms with Gasteiger partial charge >= 0.3 is 0 Å². The number of rotatable bonds is 5. The number of sulfonamides is 1. The summed E-state index contributed by atoms with van der Waals surface area (Å²) in [7, 11) is -1.80. The van der Waals surface area contributed by atoms with Crippen molar-refractivity contribution in [2.75, 3.05) is 13.6 Å². The molecule has 1 aliphatic carbocycles. The molecule has 1 fully saturated rings. The summed E-state index contributed by atoms with van der Waals surface area (Å²) in [5.41, 5.74) is 1.13. The molecule has 2 rings (SSSR count). The lowest BCUT2D eigenvalue weighted by Gasteiger charge is -2.34. The fourth-order valence-electron chi connectivity index (χ4n) is 2.39. The Morgan fingerprint density at radius 3 is 2.32 bits per heavy atom. The highest BCUT2D eigenvalue weighted by Crippen LogP contribution is 2.29. The molecule has 0 saturated heterocycles. The molecule has 0 aliphatic heterocycles. The monoisotopic (exact) mass is 283 g/mol. The molecular formula is C14H21NO3S. The summed E-state index contributed by atoms with van der Waals surface area (Å²) < 4.78 is 26.1. The lowest BCUT2D eigenvalue weighted by molar-refractivity contribution is 0.0367. The number of hydrogen-bond acceptors (Lipinski definition) is 3. The van der Waals surface area contributed by atoms with E-state index in [0.717, 1.165) is 12.0 Å². The predicted octanol–water partition coefficient (Wildman–Crippen LogP) is 1.64. The number of aliphatic hydroxyl groups excluding tert-OH is 1. The van der Waals surface area contributed by atoms with Crippen molar-refractivity contribution in [3.63, 3.8) is 0 Å². The minimum atomic E-state index is -3.40. The maximum Gasteiger partial charge on any atom is 0.242 e. The molecule has 106 valence electrons. The molecule has 1 saturated carbocycles. The summed E-state index contributed by atoms with van der Waals surface area (Å²) in [6, 6.07) is 7.04. The van der Waals surface area contributed by atoms with Gasteiger partial charge in [-0.2, -0.15) is 0 Å². The molecule has 0 bridgehead atoms. The average Bonchev–Trinajstić information content (AvgIpc) is 2.36. The molecule has 0 radical (unpaired) electrons. The Morgan fingerprint density at radius 1 is 1.26 bits per heavy atom. The van der Waals surface area contributed by atoms with E-state index >= 15 is 0 Å². The van der Waals surface area contributed by atoms with Crippen molar-refractivity contribution in [1.29, 1.82) is 0 Å². The first kappa shape index (κ1) is 14.5. The zero-order chi connectivity index (χ0) is 14.0. The zero-order valence-corrected chi connectivity index (χ0v) is 12.2. The van der Waals surface area contributed by atoms with Crippen LogP contribution in [-0.2, 0) is 16.4 Å². The van der Waals surface area contributed by atoms with Gasteiger partial charge in [0.15, 0.2) is 0 Å². The molecule has 0 spiro atoms. The third-order valence-electron chi connectivity index (χ3n) is 3.77. The highest BCUT2D eigenvalue weighted by Gasteiger charge is 2.31. The van der Waals surface area contributed by atoms with Crippen LogP contribution in [0.25, 0.3) is 0 Å². The van der Waals surface area contributed by atoms with Crippen LogP contribution in [0.1, 0.15) is 25.3 Å². The zero-order valence-electron chi connectivity index (χ0n) is 11.4. The first-order chi connectivity index (χ1) is 8.93. The van der Waals surface area contributed by atoms with Crippen LogP contribution >= 0.6 is 0 Å². The van der Waals surface area contributed by atoms with Gasteiger partial charge in [-0.25, -0.2) is 12.7 Å². The summed E-state index contributed by atoms with van der Waals surface area (Å²) in [4.78, 5) is 0.340. The lowest BCUT2D eigenvalue weighted by atomic mass is 9.82. The summed E-state index contributed by atoms with van der Waals surface area (Å²) >= 11 is 0. The second-order valence-corrected chi connectivity index (χ2v) is 7.32. The van der Waals surface area contributed by atoms with Crippen LogP contribution in [0.15, 0.2) is 29.2 Å². The van der Waals surface area contributed by atoms with E-state index in [9.17, 15) is 13.5 Å². The number of aliphatic hydroxyl groups is 1. The molecule has 1 aromatic carbocycles. The summed E-state index contributed by atoms with van der Waals surface area (Å²) in [6.45, 7) is 2.52. The second-order valence-electron chi connectivity index (χ2n) is 5.27. The average molecular weight is 283 g/mol. The molecule has 0 unspecified atom stereocenters. The third-order valence-corrected chi connectivity index (χ3v) is 5.60. The maximum atomic E-state index is 12.4. The van der Waals surface area contributed by atoms with E-state index in [2.05, 4.69) is 0 Å². The van der Waals surface area contributed by atoms with Crippen molar-refractivity contribution in [2.24, 2.45) is 5.92 Å². The van der Waals surface area contributed by atoms with Gasteiger partial charge in [0.2, 0.25) is 10.0 Å². The number of hydrogen-bond donors (Lipinski definition) is 1. The Labute approximate surface area is 115 Å². The van der Waals surface area contributed by atoms with Gasteiger partial charge in [-0.3, -0.25) is 0 Å². The van der Waals surface area contributed by atoms with E-state index in [1.54, 1.807) is 19.2 Å². The van der Waals surface area contributed by atoms with Crippen molar-refractivity contribution in [2.45, 2.75) is 37.2 Å². The number of benzene rings is 1. The SMILES string of the molecule is CCc1ccc(S(=O)(=O)N(C)CC2CC(O)C2)cc1. The Bertz CT molecular complexity index is 518. The third kappa shape index (κ3) is 3.16. The highest BCUT2D eigenvalue weighted by molar-refractivity contribution is 7.89. The van der Waals surface area contributed by atoms with Gasteiger partial charge in [0.1, 0.15) is 0 Å². The first-order valence-electron chi connectivity index (χ1n) is 6.66. The van der Waals surface area contributed by atoms with Gasteiger partial charge < -0.3 is 5.11 Å². The van der Waals surface area contributed by atoms with E-state index in [0.29, 0.717) is 24.3 Å². The van der Waals surface area contributed by atoms with Crippen molar-refractivity contribution < 1.29 is 13.5 Å². The summed E-state index contributed by atoms with van der Waals surface area (Å²) in [6.07, 6.45) is 2.06. The van der Waals surface area contributed by atoms with Crippen molar-refractivity contribution >= 4 is 10.0 Å². The topological polar surface area (TPSA) is 57.6 Å². The summed E-state index contributed by atoms with van der Waals surface area (Å²) in [5.74, 6) is 0.282. The number of aryl methyl sites for hydroxylation is 1. The highest BCUT2D eigenvalue weighted by atomic mass is 32.2. The van der Waals surface area contributed by atoms with E-state index in [4.69, 9.17) is 0 Å². The maximum absolute atomic E-state index is 12.4. The predicted molar refractivity (Wildman–Crippen MR) is 74.4 cm³/mol. The van der Waals surface area contributed by atoms with Crippen LogP contribution in [0.5, 0.6) is 0 Å². The van der Waals surface area contributed by atoms with Gasteiger partial charge in [-0.1, -0.05) is 19.1 Å². The Morgan fingerprint density at radius 2 is 1.84 bits per heavy atom. The quantitative estimate of drug-likeness (QED) is 0.893. The smallest absolute Gasteiger partial charge is 0.242 e. The van der Waals surface area contributed by atoms with Crippen molar-refractivity contribution in [3.05, 3.63) is 29.8 Å². The van der Waals surface area contributed by atoms with Crippen LogP contribution in [-0.4, -0.2) is 37.5 Å². The Hall–Kier alpha value is -0.910. The molecule has 0 atom stereocenters. The van der Waals surface area contributed by atoms with Gasteiger partial charge in [0.25, 0.3) is 0 Å². The first-order valence-corrected chi connectivity index (χ1v) is 8.11. The molecule has 5 heteroatoms. The fourth-order valence-corrected chi connectivity index (χ4v) is 3.64. The van der Waals surface area contributed by atoms with Crippen LogP contribution in [0, 0.1) is 5.92 Å². The number of nitrogens with zero attached hydrogens (tertiary/aromatic N) is 1. The van der Waals surface area contributed by atoms with Crippen molar-refractivity contribution in [3.8, 4) is 0 Å². The van der Waals surface area contributed by atoms with Gasteiger partial charge in [0, 0.05) is 13.6 Å². The van der Waals surface area contributed by atoms with Crippen LogP contribution in [0.2, 0.25) is 0 Å². The van der Waals surface area contributed by atoms with Crippen LogP contribution in [0.4, 0.5) is 0 Å². The van der Waals surface area contributed by atoms with Crippen LogP contribution < -0.4 is 0 Å². The minimum absolute atomic E-state index is 0.245. The molecule has 4 nitrogen and oxygen atoms in total. The standard InChI is InChI=1S/C14H21NO3S/c1-3-11-4-6-14(7-5-11)19(17,18)15(2)10-12-8-13(16)9-12/h4-7,12-13,16H,3,8-10H2,1-2H3. The molecule has 0 heterocycles. The Balaban J connectivity index is 2.07. The molecule has 1 aliphatic rings. The van der Waals surface area contributed by atoms with Gasteiger partial charge in [-0.05, 0) is 42.9 Å². The lowest BCUT2D eigenvalue weighted by Crippen LogP contribution is -2.39. The van der Waals surface area contributed by atoms with E-state index in [-0.39, 0.29) is 12.0 Å². The molecule has 1 N–H and O–H groups in total. The molecule has 1 aromatic rings. The Kier molecular flexibility index (Phi) is 4.28. The van der Waals surface area contributed by atoms with Crippen LogP contribution in [0.3, 0.4) is 0 Å². The van der Waals surface area contributed by atoms with Gasteiger partial charge in [0.05, 0.1) is 11.0 Å². The van der Waals surface area contributed by atoms with Crippen molar-refractivity contribution in [1.82, 2.24) is 4.31 Å². The minimum Gasteiger partial charge on any atom is -0.393 e.